The van der Waals surface area contributed by atoms with Crippen LogP contribution in [0.4, 0.5) is 13.2 Å². The summed E-state index contributed by atoms with van der Waals surface area (Å²) in [6, 6.07) is 9.26. The van der Waals surface area contributed by atoms with Crippen molar-refractivity contribution in [3.63, 3.8) is 0 Å². The first-order chi connectivity index (χ1) is 14.9. The zero-order valence-corrected chi connectivity index (χ0v) is 21.1. The van der Waals surface area contributed by atoms with Crippen molar-refractivity contribution in [2.75, 3.05) is 11.6 Å². The summed E-state index contributed by atoms with van der Waals surface area (Å²) in [5.74, 6) is 0. The van der Waals surface area contributed by atoms with Gasteiger partial charge < -0.3 is 0 Å². The molecule has 0 aliphatic carbocycles. The minimum atomic E-state index is -4.53. The van der Waals surface area contributed by atoms with Crippen molar-refractivity contribution < 1.29 is 21.6 Å². The molecule has 2 aromatic carbocycles. The molecule has 0 saturated carbocycles. The van der Waals surface area contributed by atoms with Gasteiger partial charge in [-0.1, -0.05) is 42.3 Å². The number of rotatable bonds is 7. The van der Waals surface area contributed by atoms with Crippen LogP contribution in [0.25, 0.3) is 5.57 Å². The normalized spacial score (nSPS) is 19.3. The lowest BCUT2D eigenvalue weighted by Gasteiger charge is -2.32. The molecule has 174 valence electrons. The molecule has 0 spiro atoms. The molecule has 0 aromatic heterocycles. The molecule has 2 aromatic rings. The van der Waals surface area contributed by atoms with Gasteiger partial charge in [-0.2, -0.15) is 13.2 Å². The van der Waals surface area contributed by atoms with E-state index in [2.05, 4.69) is 4.72 Å². The number of thioether (sulfide) groups is 2. The third kappa shape index (κ3) is 5.62. The molecule has 0 radical (unpaired) electrons. The van der Waals surface area contributed by atoms with Crippen molar-refractivity contribution in [3.8, 4) is 0 Å². The van der Waals surface area contributed by atoms with E-state index >= 15 is 0 Å². The molecular formula is C21H20Cl2F3NO2S3. The monoisotopic (exact) mass is 541 g/mol. The fraction of sp³-hybridized carbons (Fsp3) is 0.333. The number of benzene rings is 2. The van der Waals surface area contributed by atoms with Crippen LogP contribution in [0.5, 0.6) is 0 Å². The van der Waals surface area contributed by atoms with Crippen LogP contribution in [0, 0.1) is 6.92 Å². The predicted octanol–water partition coefficient (Wildman–Crippen LogP) is 7.23. The molecule has 3 rings (SSSR count). The fourth-order valence-electron chi connectivity index (χ4n) is 3.39. The van der Waals surface area contributed by atoms with Gasteiger partial charge in [-0.3, -0.25) is 0 Å². The molecule has 0 amide bonds. The van der Waals surface area contributed by atoms with Crippen molar-refractivity contribution >= 4 is 62.3 Å². The summed E-state index contributed by atoms with van der Waals surface area (Å²) in [6.45, 7) is 3.82. The maximum Gasteiger partial charge on any atom is 0.407 e. The van der Waals surface area contributed by atoms with Gasteiger partial charge in [0, 0.05) is 27.9 Å². The van der Waals surface area contributed by atoms with Crippen molar-refractivity contribution in [1.82, 2.24) is 4.72 Å². The summed E-state index contributed by atoms with van der Waals surface area (Å²) < 4.78 is 66.8. The van der Waals surface area contributed by atoms with E-state index in [9.17, 15) is 21.6 Å². The number of sulfonamides is 1. The lowest BCUT2D eigenvalue weighted by Crippen LogP contribution is -2.37. The largest absolute Gasteiger partial charge is 0.407 e. The van der Waals surface area contributed by atoms with Gasteiger partial charge in [0.25, 0.3) is 0 Å². The zero-order valence-electron chi connectivity index (χ0n) is 17.1. The Bertz CT molecular complexity index is 1130. The topological polar surface area (TPSA) is 46.2 Å². The summed E-state index contributed by atoms with van der Waals surface area (Å²) in [6.07, 6.45) is -4.80. The van der Waals surface area contributed by atoms with E-state index < -0.39 is 20.9 Å². The van der Waals surface area contributed by atoms with Crippen molar-refractivity contribution in [3.05, 3.63) is 68.5 Å². The minimum absolute atomic E-state index is 0.0104. The molecule has 1 N–H and O–H groups in total. The molecular weight excluding hydrogens is 522 g/mol. The predicted molar refractivity (Wildman–Crippen MR) is 129 cm³/mol. The Balaban J connectivity index is 1.86. The van der Waals surface area contributed by atoms with Gasteiger partial charge in [-0.05, 0) is 58.9 Å². The van der Waals surface area contributed by atoms with Crippen molar-refractivity contribution in [1.29, 1.82) is 0 Å². The molecule has 1 atom stereocenters. The number of allylic oxidation sites excluding steroid dienone is 1. The summed E-state index contributed by atoms with van der Waals surface area (Å²) in [4.78, 5) is 0.755. The number of hydrogen-bond donors (Lipinski definition) is 1. The highest BCUT2D eigenvalue weighted by molar-refractivity contribution is 8.11. The van der Waals surface area contributed by atoms with Gasteiger partial charge in [0.05, 0.1) is 0 Å². The van der Waals surface area contributed by atoms with Crippen LogP contribution in [0.3, 0.4) is 0 Å². The Kier molecular flexibility index (Phi) is 7.89. The van der Waals surface area contributed by atoms with Crippen LogP contribution in [-0.4, -0.2) is 26.2 Å². The molecule has 0 saturated heterocycles. The van der Waals surface area contributed by atoms with E-state index in [4.69, 9.17) is 23.2 Å². The van der Waals surface area contributed by atoms with Gasteiger partial charge in [0.1, 0.15) is 9.83 Å². The van der Waals surface area contributed by atoms with Gasteiger partial charge in [-0.15, -0.1) is 23.5 Å². The van der Waals surface area contributed by atoms with Gasteiger partial charge >= 0.3 is 6.18 Å². The van der Waals surface area contributed by atoms with Gasteiger partial charge in [0.2, 0.25) is 10.0 Å². The molecule has 1 unspecified atom stereocenters. The second-order valence-corrected chi connectivity index (χ2v) is 12.5. The molecule has 0 bridgehead atoms. The molecule has 1 aliphatic heterocycles. The standard InChI is InChI=1S/C21H20Cl2F3NO2S3/c1-3-27-32(28,29)12-30-19-5-4-14(6-13(19)2)15-10-20(31-11-15,21(24,25)26)16-7-17(22)9-18(23)8-16/h4-9,11,27H,3,10,12H2,1-2H3. The Morgan fingerprint density at radius 2 is 1.81 bits per heavy atom. The lowest BCUT2D eigenvalue weighted by atomic mass is 9.88. The average molecular weight is 542 g/mol. The van der Waals surface area contributed by atoms with E-state index in [1.54, 1.807) is 25.1 Å². The smallest absolute Gasteiger partial charge is 0.215 e. The summed E-state index contributed by atoms with van der Waals surface area (Å²) in [5.41, 5.74) is 2.01. The molecule has 1 heterocycles. The number of nitrogens with one attached hydrogen (secondary N) is 1. The highest BCUT2D eigenvalue weighted by Crippen LogP contribution is 2.60. The van der Waals surface area contributed by atoms with Gasteiger partial charge in [-0.25, -0.2) is 13.1 Å². The molecule has 3 nitrogen and oxygen atoms in total. The highest BCUT2D eigenvalue weighted by Gasteiger charge is 2.58. The van der Waals surface area contributed by atoms with Crippen LogP contribution in [0.15, 0.2) is 46.7 Å². The Hall–Kier alpha value is -0.840. The summed E-state index contributed by atoms with van der Waals surface area (Å²) in [7, 11) is -3.39. The van der Waals surface area contributed by atoms with Crippen molar-refractivity contribution in [2.45, 2.75) is 36.1 Å². The van der Waals surface area contributed by atoms with E-state index in [-0.39, 0.29) is 27.1 Å². The summed E-state index contributed by atoms with van der Waals surface area (Å²) in [5, 5.41) is 1.69. The fourth-order valence-corrected chi connectivity index (χ4v) is 7.46. The molecule has 1 aliphatic rings. The molecule has 0 fully saturated rings. The third-order valence-corrected chi connectivity index (χ3v) is 9.97. The van der Waals surface area contributed by atoms with Crippen LogP contribution < -0.4 is 4.72 Å². The molecule has 32 heavy (non-hydrogen) atoms. The van der Waals surface area contributed by atoms with Crippen LogP contribution in [0.2, 0.25) is 10.0 Å². The first-order valence-corrected chi connectivity index (χ1v) is 13.8. The van der Waals surface area contributed by atoms with Gasteiger partial charge in [0.15, 0.2) is 0 Å². The Morgan fingerprint density at radius 1 is 1.16 bits per heavy atom. The SMILES string of the molecule is CCNS(=O)(=O)CSc1ccc(C2=CSC(c3cc(Cl)cc(Cl)c3)(C(F)(F)F)C2)cc1C. The van der Waals surface area contributed by atoms with Crippen LogP contribution in [0.1, 0.15) is 30.0 Å². The number of hydrogen-bond acceptors (Lipinski definition) is 4. The maximum absolute atomic E-state index is 14.3. The maximum atomic E-state index is 14.3. The van der Waals surface area contributed by atoms with Crippen LogP contribution in [-0.2, 0) is 14.8 Å². The number of alkyl halides is 3. The second-order valence-electron chi connectivity index (χ2n) is 7.28. The van der Waals surface area contributed by atoms with Crippen LogP contribution >= 0.6 is 46.7 Å². The first kappa shape index (κ1) is 25.8. The number of aryl methyl sites for hydroxylation is 1. The number of halogens is 5. The second kappa shape index (κ2) is 9.80. The lowest BCUT2D eigenvalue weighted by molar-refractivity contribution is -0.160. The first-order valence-electron chi connectivity index (χ1n) is 9.48. The highest BCUT2D eigenvalue weighted by atomic mass is 35.5. The van der Waals surface area contributed by atoms with Crippen molar-refractivity contribution in [2.24, 2.45) is 0 Å². The van der Waals surface area contributed by atoms with E-state index in [1.165, 1.54) is 23.6 Å². The quantitative estimate of drug-likeness (QED) is 0.375. The van der Waals surface area contributed by atoms with E-state index in [0.29, 0.717) is 29.4 Å². The minimum Gasteiger partial charge on any atom is -0.215 e. The Morgan fingerprint density at radius 3 is 2.38 bits per heavy atom. The third-order valence-electron chi connectivity index (χ3n) is 4.91. The summed E-state index contributed by atoms with van der Waals surface area (Å²) >= 11 is 13.8. The molecule has 11 heteroatoms. The van der Waals surface area contributed by atoms with E-state index in [0.717, 1.165) is 22.2 Å². The zero-order chi connectivity index (χ0) is 23.7. The Labute approximate surface area is 204 Å². The average Bonchev–Trinajstić information content (AvgIpc) is 3.13. The van der Waals surface area contributed by atoms with E-state index in [1.807, 2.05) is 6.92 Å².